The second kappa shape index (κ2) is 8.94. The molecule has 9 heteroatoms. The maximum Gasteiger partial charge on any atom is 0.387 e. The first-order valence-electron chi connectivity index (χ1n) is 10.3. The number of hydrogen-bond acceptors (Lipinski definition) is 7. The number of allylic oxidation sites excluding steroid dienone is 1. The first-order valence-corrected chi connectivity index (χ1v) is 10.3. The molecule has 0 unspecified atom stereocenters. The van der Waals surface area contributed by atoms with Crippen LogP contribution >= 0.6 is 0 Å². The van der Waals surface area contributed by atoms with E-state index in [-0.39, 0.29) is 39.9 Å². The number of esters is 1. The van der Waals surface area contributed by atoms with Crippen LogP contribution in [-0.4, -0.2) is 25.5 Å². The molecular weight excluding hydrogens is 462 g/mol. The lowest BCUT2D eigenvalue weighted by Gasteiger charge is -2.08. The van der Waals surface area contributed by atoms with Gasteiger partial charge in [-0.15, -0.1) is 0 Å². The molecule has 0 atom stereocenters. The summed E-state index contributed by atoms with van der Waals surface area (Å²) in [6.45, 7) is -3.02. The van der Waals surface area contributed by atoms with Gasteiger partial charge in [0.1, 0.15) is 17.2 Å². The van der Waals surface area contributed by atoms with Crippen LogP contribution in [0.4, 0.5) is 8.78 Å². The molecule has 0 amide bonds. The first-order chi connectivity index (χ1) is 16.9. The van der Waals surface area contributed by atoms with Crippen molar-refractivity contribution in [2.75, 3.05) is 7.11 Å². The summed E-state index contributed by atoms with van der Waals surface area (Å²) in [5.41, 5.74) is 0.892. The fourth-order valence-electron chi connectivity index (χ4n) is 3.63. The Morgan fingerprint density at radius 3 is 2.60 bits per heavy atom. The van der Waals surface area contributed by atoms with Crippen LogP contribution in [-0.2, 0) is 0 Å². The number of benzene rings is 3. The van der Waals surface area contributed by atoms with E-state index in [9.17, 15) is 18.4 Å². The number of hydrogen-bond donors (Lipinski definition) is 0. The highest BCUT2D eigenvalue weighted by Crippen LogP contribution is 2.36. The number of halogens is 2. The number of carbonyl (C=O) groups excluding carboxylic acids is 2. The summed E-state index contributed by atoms with van der Waals surface area (Å²) in [5, 5.41) is 0.671. The lowest BCUT2D eigenvalue weighted by molar-refractivity contribution is -0.0500. The highest BCUT2D eigenvalue weighted by atomic mass is 19.3. The standard InChI is InChI=1S/C26H16F2O7/c1-31-19-8-4-6-15-12-22(34-24(15)19)25(30)32-16-9-10-17-20(13-16)33-21(23(17)29)11-14-5-2-3-7-18(14)35-26(27)28/h2-13,26H,1H3/b21-11-. The Balaban J connectivity index is 1.37. The quantitative estimate of drug-likeness (QED) is 0.194. The second-order valence-corrected chi connectivity index (χ2v) is 7.39. The third kappa shape index (κ3) is 4.31. The summed E-state index contributed by atoms with van der Waals surface area (Å²) < 4.78 is 51.7. The van der Waals surface area contributed by atoms with Gasteiger partial charge in [-0.1, -0.05) is 30.3 Å². The van der Waals surface area contributed by atoms with Gasteiger partial charge >= 0.3 is 12.6 Å². The smallest absolute Gasteiger partial charge is 0.387 e. The summed E-state index contributed by atoms with van der Waals surface area (Å²) in [7, 11) is 1.49. The van der Waals surface area contributed by atoms with Crippen molar-refractivity contribution < 1.29 is 41.7 Å². The van der Waals surface area contributed by atoms with Crippen molar-refractivity contribution in [2.45, 2.75) is 6.61 Å². The van der Waals surface area contributed by atoms with Crippen LogP contribution in [0, 0.1) is 0 Å². The Hall–Kier alpha value is -4.66. The normalized spacial score (nSPS) is 13.7. The SMILES string of the molecule is COc1cccc2cc(C(=O)Oc3ccc4c(c3)O/C(=C\c3ccccc3OC(F)F)C4=O)oc12. The van der Waals surface area contributed by atoms with Crippen LogP contribution < -0.4 is 18.9 Å². The van der Waals surface area contributed by atoms with Gasteiger partial charge in [-0.3, -0.25) is 4.79 Å². The van der Waals surface area contributed by atoms with E-state index in [4.69, 9.17) is 18.6 Å². The van der Waals surface area contributed by atoms with E-state index < -0.39 is 18.4 Å². The molecule has 0 saturated heterocycles. The van der Waals surface area contributed by atoms with Gasteiger partial charge in [0.05, 0.1) is 12.7 Å². The highest BCUT2D eigenvalue weighted by Gasteiger charge is 2.29. The summed E-state index contributed by atoms with van der Waals surface area (Å²) in [5.74, 6) is -0.654. The van der Waals surface area contributed by atoms with Crippen LogP contribution in [0.25, 0.3) is 17.0 Å². The van der Waals surface area contributed by atoms with Gasteiger partial charge in [0, 0.05) is 17.0 Å². The number of fused-ring (bicyclic) bond motifs is 2. The Labute approximate surface area is 197 Å². The van der Waals surface area contributed by atoms with E-state index in [2.05, 4.69) is 4.74 Å². The highest BCUT2D eigenvalue weighted by molar-refractivity contribution is 6.14. The fraction of sp³-hybridized carbons (Fsp3) is 0.0769. The van der Waals surface area contributed by atoms with Gasteiger partial charge in [-0.25, -0.2) is 4.79 Å². The lowest BCUT2D eigenvalue weighted by Crippen LogP contribution is -2.07. The molecule has 0 aliphatic carbocycles. The number of methoxy groups -OCH3 is 1. The molecule has 1 aromatic heterocycles. The van der Waals surface area contributed by atoms with Gasteiger partial charge < -0.3 is 23.4 Å². The zero-order valence-corrected chi connectivity index (χ0v) is 18.1. The second-order valence-electron chi connectivity index (χ2n) is 7.39. The minimum Gasteiger partial charge on any atom is -0.493 e. The molecule has 2 heterocycles. The fourth-order valence-corrected chi connectivity index (χ4v) is 3.63. The molecule has 0 radical (unpaired) electrons. The summed E-state index contributed by atoms with van der Waals surface area (Å²) in [6.07, 6.45) is 1.31. The lowest BCUT2D eigenvalue weighted by atomic mass is 10.1. The van der Waals surface area contributed by atoms with Gasteiger partial charge in [0.2, 0.25) is 11.5 Å². The van der Waals surface area contributed by atoms with E-state index in [0.29, 0.717) is 16.7 Å². The molecule has 0 saturated carbocycles. The molecule has 4 aromatic rings. The predicted octanol–water partition coefficient (Wildman–Crippen LogP) is 5.88. The molecule has 1 aliphatic rings. The molecular formula is C26H16F2O7. The number of carbonyl (C=O) groups is 2. The minimum atomic E-state index is -3.02. The van der Waals surface area contributed by atoms with Crippen LogP contribution in [0.15, 0.2) is 76.9 Å². The predicted molar refractivity (Wildman–Crippen MR) is 120 cm³/mol. The zero-order chi connectivity index (χ0) is 24.5. The van der Waals surface area contributed by atoms with Crippen molar-refractivity contribution in [2.24, 2.45) is 0 Å². The van der Waals surface area contributed by atoms with Crippen LogP contribution in [0.1, 0.15) is 26.5 Å². The van der Waals surface area contributed by atoms with Gasteiger partial charge in [-0.2, -0.15) is 8.78 Å². The molecule has 35 heavy (non-hydrogen) atoms. The van der Waals surface area contributed by atoms with Crippen molar-refractivity contribution >= 4 is 28.8 Å². The molecule has 7 nitrogen and oxygen atoms in total. The number of para-hydroxylation sites is 2. The molecule has 176 valence electrons. The maximum absolute atomic E-state index is 12.7. The Kier molecular flexibility index (Phi) is 5.66. The van der Waals surface area contributed by atoms with Gasteiger partial charge in [0.25, 0.3) is 0 Å². The third-order valence-electron chi connectivity index (χ3n) is 5.20. The monoisotopic (exact) mass is 478 g/mol. The topological polar surface area (TPSA) is 84.2 Å². The van der Waals surface area contributed by atoms with Crippen molar-refractivity contribution in [3.05, 3.63) is 89.4 Å². The molecule has 0 bridgehead atoms. The number of Topliss-reactive ketones (excluding diaryl/α,β-unsaturated/α-hetero) is 1. The number of ketones is 1. The summed E-state index contributed by atoms with van der Waals surface area (Å²) in [4.78, 5) is 25.4. The van der Waals surface area contributed by atoms with E-state index in [0.717, 1.165) is 0 Å². The number of furan rings is 1. The largest absolute Gasteiger partial charge is 0.493 e. The van der Waals surface area contributed by atoms with Crippen LogP contribution in [0.3, 0.4) is 0 Å². The third-order valence-corrected chi connectivity index (χ3v) is 5.20. The summed E-state index contributed by atoms with van der Waals surface area (Å²) in [6, 6.07) is 17.1. The van der Waals surface area contributed by atoms with Crippen LogP contribution in [0.2, 0.25) is 0 Å². The van der Waals surface area contributed by atoms with E-state index >= 15 is 0 Å². The molecule has 0 N–H and O–H groups in total. The Morgan fingerprint density at radius 2 is 1.80 bits per heavy atom. The first kappa shape index (κ1) is 22.1. The van der Waals surface area contributed by atoms with Crippen molar-refractivity contribution in [1.29, 1.82) is 0 Å². The number of alkyl halides is 2. The molecule has 0 spiro atoms. The van der Waals surface area contributed by atoms with E-state index in [1.165, 1.54) is 55.7 Å². The average molecular weight is 478 g/mol. The van der Waals surface area contributed by atoms with E-state index in [1.807, 2.05) is 0 Å². The molecule has 1 aliphatic heterocycles. The number of rotatable bonds is 6. The molecule has 5 rings (SSSR count). The Morgan fingerprint density at radius 1 is 1.00 bits per heavy atom. The minimum absolute atomic E-state index is 0.0294. The van der Waals surface area contributed by atoms with Gasteiger partial charge in [-0.05, 0) is 36.4 Å². The molecule has 0 fully saturated rings. The average Bonchev–Trinajstić information content (AvgIpc) is 3.41. The van der Waals surface area contributed by atoms with Crippen LogP contribution in [0.5, 0.6) is 23.0 Å². The van der Waals surface area contributed by atoms with Gasteiger partial charge in [0.15, 0.2) is 17.1 Å². The van der Waals surface area contributed by atoms with Crippen molar-refractivity contribution in [3.8, 4) is 23.0 Å². The van der Waals surface area contributed by atoms with E-state index in [1.54, 1.807) is 24.3 Å². The number of ether oxygens (including phenoxy) is 4. The summed E-state index contributed by atoms with van der Waals surface area (Å²) >= 11 is 0. The zero-order valence-electron chi connectivity index (χ0n) is 18.1. The molecule has 3 aromatic carbocycles. The van der Waals surface area contributed by atoms with Crippen molar-refractivity contribution in [3.63, 3.8) is 0 Å². The Bertz CT molecular complexity index is 1490. The maximum atomic E-state index is 12.7. The van der Waals surface area contributed by atoms with Crippen molar-refractivity contribution in [1.82, 2.24) is 0 Å².